The lowest BCUT2D eigenvalue weighted by Gasteiger charge is -2.08. The van der Waals surface area contributed by atoms with E-state index in [-0.39, 0.29) is 21.7 Å². The first-order valence-corrected chi connectivity index (χ1v) is 13.2. The van der Waals surface area contributed by atoms with Crippen LogP contribution < -0.4 is 21.3 Å². The summed E-state index contributed by atoms with van der Waals surface area (Å²) in [5, 5.41) is 13.5. The van der Waals surface area contributed by atoms with Crippen molar-refractivity contribution in [3.8, 4) is 0 Å². The van der Waals surface area contributed by atoms with E-state index >= 15 is 0 Å². The topological polar surface area (TPSA) is 121 Å². The maximum atomic E-state index is 12.5. The highest BCUT2D eigenvalue weighted by Crippen LogP contribution is 2.28. The fourth-order valence-electron chi connectivity index (χ4n) is 3.86. The van der Waals surface area contributed by atoms with Gasteiger partial charge in [-0.25, -0.2) is 4.98 Å². The second-order valence-corrected chi connectivity index (χ2v) is 10.2. The minimum atomic E-state index is -0.463. The van der Waals surface area contributed by atoms with Crippen LogP contribution in [0.15, 0.2) is 87.7 Å². The van der Waals surface area contributed by atoms with Crippen molar-refractivity contribution in [2.75, 3.05) is 10.6 Å². The molecule has 0 aliphatic rings. The molecule has 12 heteroatoms. The lowest BCUT2D eigenvalue weighted by atomic mass is 10.2. The molecule has 0 spiro atoms. The van der Waals surface area contributed by atoms with Gasteiger partial charge in [0.1, 0.15) is 11.2 Å². The summed E-state index contributed by atoms with van der Waals surface area (Å²) in [4.78, 5) is 29.6. The number of thiazole rings is 1. The Morgan fingerprint density at radius 2 is 1.28 bits per heavy atom. The zero-order valence-corrected chi connectivity index (χ0v) is 22.3. The third kappa shape index (κ3) is 5.34. The molecule has 3 heterocycles. The first-order valence-electron chi connectivity index (χ1n) is 11.5. The molecule has 2 amide bonds. The first-order chi connectivity index (χ1) is 18.9. The molecule has 0 saturated heterocycles. The minimum absolute atomic E-state index is 0.0901. The van der Waals surface area contributed by atoms with Crippen molar-refractivity contribution in [3.05, 3.63) is 90.4 Å². The number of nitrogens with one attached hydrogen (secondary N) is 4. The summed E-state index contributed by atoms with van der Waals surface area (Å²) >= 11 is 11.9. The molecule has 6 rings (SSSR count). The van der Waals surface area contributed by atoms with Gasteiger partial charge in [-0.15, -0.1) is 0 Å². The number of carbonyl (C=O) groups is 2. The molecule has 6 aromatic rings. The Morgan fingerprint density at radius 1 is 0.718 bits per heavy atom. The zero-order chi connectivity index (χ0) is 26.9. The highest BCUT2D eigenvalue weighted by Gasteiger charge is 2.16. The number of carbonyl (C=O) groups excluding carboxylic acids is 2. The van der Waals surface area contributed by atoms with Gasteiger partial charge in [0.2, 0.25) is 0 Å². The first kappa shape index (κ1) is 24.7. The van der Waals surface area contributed by atoms with E-state index in [4.69, 9.17) is 33.3 Å². The lowest BCUT2D eigenvalue weighted by molar-refractivity contribution is 0.0945. The molecule has 0 aliphatic heterocycles. The molecular weight excluding hydrogens is 555 g/mol. The Kier molecular flexibility index (Phi) is 6.49. The number of thiocarbonyl (C=S) groups is 2. The number of para-hydroxylation sites is 2. The highest BCUT2D eigenvalue weighted by molar-refractivity contribution is 7.80. The summed E-state index contributed by atoms with van der Waals surface area (Å²) in [6.45, 7) is 0. The molecule has 0 bridgehead atoms. The minimum Gasteiger partial charge on any atom is -0.451 e. The number of hydrogen-bond acceptors (Lipinski definition) is 8. The maximum Gasteiger partial charge on any atom is 0.293 e. The molecular formula is C27H17N5O4S3. The summed E-state index contributed by atoms with van der Waals surface area (Å²) in [6, 6.07) is 23.4. The summed E-state index contributed by atoms with van der Waals surface area (Å²) < 4.78 is 12.0. The second kappa shape index (κ2) is 10.3. The number of furan rings is 2. The summed E-state index contributed by atoms with van der Waals surface area (Å²) in [7, 11) is 0. The van der Waals surface area contributed by atoms with Gasteiger partial charge in [0.15, 0.2) is 26.9 Å². The molecule has 0 fully saturated rings. The number of fused-ring (bicyclic) bond motifs is 3. The van der Waals surface area contributed by atoms with E-state index in [0.717, 1.165) is 21.0 Å². The van der Waals surface area contributed by atoms with E-state index < -0.39 is 11.8 Å². The standard InChI is InChI=1S/C27H17N5O4S3/c33-23(20-11-14-5-1-3-7-18(14)35-20)30-25(37)28-16-9-10-17-22(13-16)39-27(29-17)32-26(38)31-24(34)21-12-15-6-2-4-8-19(15)36-21/h1-13H,(H2,28,30,33,37)(H2,29,31,32,34,38). The van der Waals surface area contributed by atoms with Crippen LogP contribution in [0.4, 0.5) is 10.8 Å². The van der Waals surface area contributed by atoms with Gasteiger partial charge in [0.25, 0.3) is 11.8 Å². The van der Waals surface area contributed by atoms with Crippen LogP contribution in [0.3, 0.4) is 0 Å². The van der Waals surface area contributed by atoms with Gasteiger partial charge in [0.05, 0.1) is 10.2 Å². The SMILES string of the molecule is O=C(NC(=S)Nc1ccc2nc(NC(=S)NC(=O)c3cc4ccccc4o3)sc2c1)c1cc2ccccc2o1. The summed E-state index contributed by atoms with van der Waals surface area (Å²) in [5.74, 6) is -0.595. The van der Waals surface area contributed by atoms with Crippen LogP contribution >= 0.6 is 35.8 Å². The monoisotopic (exact) mass is 571 g/mol. The number of amides is 2. The van der Waals surface area contributed by atoms with E-state index in [2.05, 4.69) is 26.3 Å². The van der Waals surface area contributed by atoms with Gasteiger partial charge in [-0.1, -0.05) is 47.7 Å². The van der Waals surface area contributed by atoms with Crippen LogP contribution in [0.2, 0.25) is 0 Å². The van der Waals surface area contributed by atoms with Crippen molar-refractivity contribution in [1.29, 1.82) is 0 Å². The third-order valence-electron chi connectivity index (χ3n) is 5.62. The Labute approximate surface area is 235 Å². The van der Waals surface area contributed by atoms with Crippen LogP contribution in [0.1, 0.15) is 21.1 Å². The molecule has 0 unspecified atom stereocenters. The van der Waals surface area contributed by atoms with Crippen LogP contribution in [0.5, 0.6) is 0 Å². The molecule has 192 valence electrons. The average Bonchev–Trinajstić information content (AvgIpc) is 3.64. The van der Waals surface area contributed by atoms with Crippen molar-refractivity contribution in [3.63, 3.8) is 0 Å². The molecule has 39 heavy (non-hydrogen) atoms. The quantitative estimate of drug-likeness (QED) is 0.188. The van der Waals surface area contributed by atoms with Gasteiger partial charge in [0, 0.05) is 16.5 Å². The molecule has 0 saturated carbocycles. The molecule has 9 nitrogen and oxygen atoms in total. The number of aromatic nitrogens is 1. The van der Waals surface area contributed by atoms with Crippen molar-refractivity contribution >= 4 is 101 Å². The fourth-order valence-corrected chi connectivity index (χ4v) is 5.24. The lowest BCUT2D eigenvalue weighted by Crippen LogP contribution is -2.33. The Bertz CT molecular complexity index is 1760. The molecule has 0 atom stereocenters. The number of hydrogen-bond donors (Lipinski definition) is 4. The van der Waals surface area contributed by atoms with Crippen LogP contribution in [0.25, 0.3) is 32.2 Å². The third-order valence-corrected chi connectivity index (χ3v) is 6.96. The van der Waals surface area contributed by atoms with Gasteiger partial charge in [-0.3, -0.25) is 20.2 Å². The van der Waals surface area contributed by atoms with Gasteiger partial charge >= 0.3 is 0 Å². The van der Waals surface area contributed by atoms with Crippen molar-refractivity contribution < 1.29 is 18.4 Å². The Morgan fingerprint density at radius 3 is 1.87 bits per heavy atom. The molecule has 0 aliphatic carbocycles. The largest absolute Gasteiger partial charge is 0.451 e. The van der Waals surface area contributed by atoms with Crippen LogP contribution in [-0.2, 0) is 0 Å². The van der Waals surface area contributed by atoms with Crippen molar-refractivity contribution in [2.45, 2.75) is 0 Å². The van der Waals surface area contributed by atoms with E-state index in [1.807, 2.05) is 42.5 Å². The molecule has 0 radical (unpaired) electrons. The number of anilines is 2. The smallest absolute Gasteiger partial charge is 0.293 e. The van der Waals surface area contributed by atoms with Crippen LogP contribution in [-0.4, -0.2) is 27.0 Å². The molecule has 3 aromatic carbocycles. The van der Waals surface area contributed by atoms with Gasteiger partial charge in [-0.2, -0.15) is 0 Å². The highest BCUT2D eigenvalue weighted by atomic mass is 32.1. The fraction of sp³-hybridized carbons (Fsp3) is 0. The van der Waals surface area contributed by atoms with E-state index in [1.165, 1.54) is 11.3 Å². The summed E-state index contributed by atoms with van der Waals surface area (Å²) in [5.41, 5.74) is 2.62. The van der Waals surface area contributed by atoms with E-state index in [9.17, 15) is 9.59 Å². The number of nitrogens with zero attached hydrogens (tertiary/aromatic N) is 1. The average molecular weight is 572 g/mol. The van der Waals surface area contributed by atoms with Gasteiger partial charge < -0.3 is 19.5 Å². The maximum absolute atomic E-state index is 12.5. The number of rotatable bonds is 4. The van der Waals surface area contributed by atoms with E-state index in [0.29, 0.717) is 22.0 Å². The van der Waals surface area contributed by atoms with Gasteiger partial charge in [-0.05, 0) is 66.9 Å². The van der Waals surface area contributed by atoms with E-state index in [1.54, 1.807) is 36.4 Å². The van der Waals surface area contributed by atoms with Crippen molar-refractivity contribution in [2.24, 2.45) is 0 Å². The predicted octanol–water partition coefficient (Wildman–Crippen LogP) is 6.04. The zero-order valence-electron chi connectivity index (χ0n) is 19.8. The van der Waals surface area contributed by atoms with Crippen LogP contribution in [0, 0.1) is 0 Å². The predicted molar refractivity (Wildman–Crippen MR) is 159 cm³/mol. The normalized spacial score (nSPS) is 11.0. The Hall–Kier alpha value is -4.65. The molecule has 4 N–H and O–H groups in total. The summed E-state index contributed by atoms with van der Waals surface area (Å²) in [6.07, 6.45) is 0. The molecule has 3 aromatic heterocycles. The number of benzene rings is 3. The second-order valence-electron chi connectivity index (χ2n) is 8.31. The Balaban J connectivity index is 1.07. The van der Waals surface area contributed by atoms with Crippen molar-refractivity contribution in [1.82, 2.24) is 15.6 Å².